The van der Waals surface area contributed by atoms with Gasteiger partial charge in [-0.3, -0.25) is 0 Å². The molecule has 1 unspecified atom stereocenters. The first-order valence-corrected chi connectivity index (χ1v) is 7.71. The molecule has 1 aliphatic carbocycles. The number of hydrogen-bond acceptors (Lipinski definition) is 4. The number of hydrogen-bond donors (Lipinski definition) is 1. The van der Waals surface area contributed by atoms with E-state index in [2.05, 4.69) is 5.16 Å². The Balaban J connectivity index is 1.88. The highest BCUT2D eigenvalue weighted by Gasteiger charge is 2.36. The number of benzene rings is 1. The predicted molar refractivity (Wildman–Crippen MR) is 75.5 cm³/mol. The molecule has 3 nitrogen and oxygen atoms in total. The third-order valence-corrected chi connectivity index (χ3v) is 4.61. The fourth-order valence-electron chi connectivity index (χ4n) is 2.25. The number of alkyl halides is 3. The van der Waals surface area contributed by atoms with Crippen molar-refractivity contribution in [3.8, 4) is 0 Å². The minimum Gasteiger partial charge on any atom is -0.377 e. The summed E-state index contributed by atoms with van der Waals surface area (Å²) >= 11 is 0.758. The van der Waals surface area contributed by atoms with Crippen molar-refractivity contribution in [1.82, 2.24) is 5.16 Å². The molecule has 0 saturated heterocycles. The normalized spacial score (nSPS) is 16.8. The van der Waals surface area contributed by atoms with Crippen LogP contribution in [0.4, 0.5) is 13.2 Å². The summed E-state index contributed by atoms with van der Waals surface area (Å²) in [6, 6.07) is 4.07. The zero-order valence-electron chi connectivity index (χ0n) is 11.7. The standard InChI is InChI=1S/C15H14F3NO2S/c1-8-2-5-12(11(6-8)15(16,17)18)22-14(20)10-7-19-21-13(10)9-3-4-9/h2,5-7,9,14,20H,3-4H2,1H3. The molecule has 22 heavy (non-hydrogen) atoms. The van der Waals surface area contributed by atoms with E-state index in [-0.39, 0.29) is 10.8 Å². The van der Waals surface area contributed by atoms with Gasteiger partial charge in [0.05, 0.1) is 17.3 Å². The van der Waals surface area contributed by atoms with Crippen LogP contribution in [-0.4, -0.2) is 10.3 Å². The van der Waals surface area contributed by atoms with Gasteiger partial charge >= 0.3 is 6.18 Å². The average Bonchev–Trinajstić information content (AvgIpc) is 3.16. The first-order valence-electron chi connectivity index (χ1n) is 6.83. The van der Waals surface area contributed by atoms with Gasteiger partial charge in [-0.2, -0.15) is 13.2 Å². The maximum absolute atomic E-state index is 13.1. The van der Waals surface area contributed by atoms with Crippen LogP contribution in [0, 0.1) is 6.92 Å². The minimum atomic E-state index is -4.46. The van der Waals surface area contributed by atoms with Gasteiger partial charge in [0.1, 0.15) is 11.2 Å². The maximum atomic E-state index is 13.1. The first-order chi connectivity index (χ1) is 10.4. The molecule has 0 aliphatic heterocycles. The number of halogens is 3. The number of aryl methyl sites for hydroxylation is 1. The van der Waals surface area contributed by atoms with E-state index >= 15 is 0 Å². The summed E-state index contributed by atoms with van der Waals surface area (Å²) in [5.41, 5.74) is -0.886. The lowest BCUT2D eigenvalue weighted by Crippen LogP contribution is -2.08. The summed E-state index contributed by atoms with van der Waals surface area (Å²) in [6.45, 7) is 1.60. The number of aliphatic hydroxyl groups is 1. The molecular formula is C15H14F3NO2S. The van der Waals surface area contributed by atoms with Crippen molar-refractivity contribution in [1.29, 1.82) is 0 Å². The molecule has 0 amide bonds. The van der Waals surface area contributed by atoms with Gasteiger partial charge < -0.3 is 9.63 Å². The Morgan fingerprint density at radius 1 is 1.36 bits per heavy atom. The van der Waals surface area contributed by atoms with Crippen LogP contribution in [0.15, 0.2) is 33.8 Å². The molecule has 7 heteroatoms. The fraction of sp³-hybridized carbons (Fsp3) is 0.400. The lowest BCUT2D eigenvalue weighted by atomic mass is 10.1. The van der Waals surface area contributed by atoms with Crippen molar-refractivity contribution < 1.29 is 22.8 Å². The molecule has 0 radical (unpaired) electrons. The van der Waals surface area contributed by atoms with Gasteiger partial charge in [-0.15, -0.1) is 0 Å². The summed E-state index contributed by atoms with van der Waals surface area (Å²) in [5.74, 6) is 0.813. The molecule has 1 aromatic carbocycles. The molecule has 3 rings (SSSR count). The van der Waals surface area contributed by atoms with Crippen molar-refractivity contribution in [2.45, 2.75) is 42.2 Å². The van der Waals surface area contributed by atoms with E-state index in [1.807, 2.05) is 0 Å². The SMILES string of the molecule is Cc1ccc(SC(O)c2cnoc2C2CC2)c(C(F)(F)F)c1. The smallest absolute Gasteiger partial charge is 0.377 e. The molecule has 1 saturated carbocycles. The monoisotopic (exact) mass is 329 g/mol. The van der Waals surface area contributed by atoms with Gasteiger partial charge in [-0.05, 0) is 31.9 Å². The maximum Gasteiger partial charge on any atom is 0.417 e. The summed E-state index contributed by atoms with van der Waals surface area (Å²) in [7, 11) is 0. The molecule has 0 spiro atoms. The molecule has 1 aromatic heterocycles. The topological polar surface area (TPSA) is 46.3 Å². The van der Waals surface area contributed by atoms with Crippen molar-refractivity contribution in [2.24, 2.45) is 0 Å². The Morgan fingerprint density at radius 3 is 2.73 bits per heavy atom. The van der Waals surface area contributed by atoms with Gasteiger partial charge in [0.15, 0.2) is 0 Å². The third kappa shape index (κ3) is 3.15. The first kappa shape index (κ1) is 15.4. The highest BCUT2D eigenvalue weighted by Crippen LogP contribution is 2.47. The zero-order chi connectivity index (χ0) is 15.9. The molecule has 1 atom stereocenters. The highest BCUT2D eigenvalue weighted by atomic mass is 32.2. The quantitative estimate of drug-likeness (QED) is 0.654. The molecule has 1 fully saturated rings. The fourth-order valence-corrected chi connectivity index (χ4v) is 3.24. The van der Waals surface area contributed by atoms with Crippen molar-refractivity contribution in [2.75, 3.05) is 0 Å². The Morgan fingerprint density at radius 2 is 2.09 bits per heavy atom. The molecule has 2 aromatic rings. The van der Waals surface area contributed by atoms with Crippen molar-refractivity contribution >= 4 is 11.8 Å². The van der Waals surface area contributed by atoms with Gasteiger partial charge in [0, 0.05) is 10.8 Å². The summed E-state index contributed by atoms with van der Waals surface area (Å²) in [4.78, 5) is -0.00598. The number of aliphatic hydroxyl groups excluding tert-OH is 1. The van der Waals surface area contributed by atoms with E-state index in [9.17, 15) is 18.3 Å². The zero-order valence-corrected chi connectivity index (χ0v) is 12.5. The Bertz CT molecular complexity index is 680. The van der Waals surface area contributed by atoms with Crippen molar-refractivity contribution in [3.05, 3.63) is 46.8 Å². The van der Waals surface area contributed by atoms with E-state index in [0.29, 0.717) is 16.9 Å². The molecule has 0 bridgehead atoms. The molecule has 118 valence electrons. The van der Waals surface area contributed by atoms with E-state index in [1.165, 1.54) is 12.3 Å². The van der Waals surface area contributed by atoms with E-state index < -0.39 is 17.2 Å². The third-order valence-electron chi connectivity index (χ3n) is 3.52. The predicted octanol–water partition coefficient (Wildman–Crippen LogP) is 4.66. The second-order valence-corrected chi connectivity index (χ2v) is 6.51. The van der Waals surface area contributed by atoms with Crippen LogP contribution in [-0.2, 0) is 6.18 Å². The summed E-state index contributed by atoms with van der Waals surface area (Å²) in [5, 5.41) is 13.9. The molecule has 1 aliphatic rings. The largest absolute Gasteiger partial charge is 0.417 e. The number of aromatic nitrogens is 1. The van der Waals surface area contributed by atoms with E-state index in [0.717, 1.165) is 30.7 Å². The van der Waals surface area contributed by atoms with E-state index in [1.54, 1.807) is 13.0 Å². The van der Waals surface area contributed by atoms with Gasteiger partial charge in [-0.1, -0.05) is 28.5 Å². The summed E-state index contributed by atoms with van der Waals surface area (Å²) < 4.78 is 44.5. The molecular weight excluding hydrogens is 315 g/mol. The van der Waals surface area contributed by atoms with E-state index in [4.69, 9.17) is 4.52 Å². The Kier molecular flexibility index (Phi) is 3.94. The Labute approximate surface area is 129 Å². The lowest BCUT2D eigenvalue weighted by molar-refractivity contribution is -0.139. The lowest BCUT2D eigenvalue weighted by Gasteiger charge is -2.16. The number of rotatable bonds is 4. The van der Waals surface area contributed by atoms with Crippen LogP contribution in [0.1, 0.15) is 46.6 Å². The molecule has 1 heterocycles. The molecule has 1 N–H and O–H groups in total. The summed E-state index contributed by atoms with van der Waals surface area (Å²) in [6.07, 6.45) is -1.16. The van der Waals surface area contributed by atoms with Gasteiger partial charge in [-0.25, -0.2) is 0 Å². The van der Waals surface area contributed by atoms with Gasteiger partial charge in [0.2, 0.25) is 0 Å². The van der Waals surface area contributed by atoms with Crippen LogP contribution in [0.2, 0.25) is 0 Å². The average molecular weight is 329 g/mol. The van der Waals surface area contributed by atoms with Crippen LogP contribution < -0.4 is 0 Å². The number of thioether (sulfide) groups is 1. The van der Waals surface area contributed by atoms with Gasteiger partial charge in [0.25, 0.3) is 0 Å². The highest BCUT2D eigenvalue weighted by molar-refractivity contribution is 7.99. The number of nitrogens with zero attached hydrogens (tertiary/aromatic N) is 1. The Hall–Kier alpha value is -1.47. The van der Waals surface area contributed by atoms with Crippen LogP contribution >= 0.6 is 11.8 Å². The minimum absolute atomic E-state index is 0.00598. The second kappa shape index (κ2) is 5.62. The van der Waals surface area contributed by atoms with Crippen LogP contribution in [0.3, 0.4) is 0 Å². The van der Waals surface area contributed by atoms with Crippen LogP contribution in [0.25, 0.3) is 0 Å². The van der Waals surface area contributed by atoms with Crippen LogP contribution in [0.5, 0.6) is 0 Å². The van der Waals surface area contributed by atoms with Crippen molar-refractivity contribution in [3.63, 3.8) is 0 Å². The second-order valence-electron chi connectivity index (χ2n) is 5.39.